The topological polar surface area (TPSA) is 42.0 Å². The Morgan fingerprint density at radius 3 is 2.61 bits per heavy atom. The molecular formula is C12H7BrF2N2O. The Kier molecular flexibility index (Phi) is 3.66. The van der Waals surface area contributed by atoms with Gasteiger partial charge in [0.05, 0.1) is 10.0 Å². The second-order valence-electron chi connectivity index (χ2n) is 3.45. The molecule has 0 fully saturated rings. The molecule has 1 N–H and O–H groups in total. The molecule has 2 aromatic rings. The largest absolute Gasteiger partial charge is 0.322 e. The Hall–Kier alpha value is -1.82. The second-order valence-corrected chi connectivity index (χ2v) is 4.31. The van der Waals surface area contributed by atoms with Crippen molar-refractivity contribution >= 4 is 27.5 Å². The van der Waals surface area contributed by atoms with Gasteiger partial charge < -0.3 is 5.32 Å². The van der Waals surface area contributed by atoms with Gasteiger partial charge in [-0.15, -0.1) is 0 Å². The third-order valence-corrected chi connectivity index (χ3v) is 2.81. The molecule has 0 saturated heterocycles. The summed E-state index contributed by atoms with van der Waals surface area (Å²) in [4.78, 5) is 15.1. The first kappa shape index (κ1) is 12.6. The minimum atomic E-state index is -0.666. The van der Waals surface area contributed by atoms with Crippen molar-refractivity contribution in [2.24, 2.45) is 0 Å². The lowest BCUT2D eigenvalue weighted by Crippen LogP contribution is -2.12. The van der Waals surface area contributed by atoms with Crippen molar-refractivity contribution in [3.63, 3.8) is 0 Å². The van der Waals surface area contributed by atoms with Gasteiger partial charge >= 0.3 is 0 Å². The van der Waals surface area contributed by atoms with Gasteiger partial charge in [-0.05, 0) is 46.3 Å². The van der Waals surface area contributed by atoms with E-state index in [0.717, 1.165) is 12.3 Å². The van der Waals surface area contributed by atoms with Gasteiger partial charge in [0.15, 0.2) is 0 Å². The fourth-order valence-corrected chi connectivity index (χ4v) is 1.53. The molecule has 18 heavy (non-hydrogen) atoms. The van der Waals surface area contributed by atoms with E-state index in [2.05, 4.69) is 26.2 Å². The molecule has 0 aliphatic carbocycles. The number of hydrogen-bond donors (Lipinski definition) is 1. The zero-order valence-electron chi connectivity index (χ0n) is 8.95. The summed E-state index contributed by atoms with van der Waals surface area (Å²) >= 11 is 3.01. The highest BCUT2D eigenvalue weighted by Gasteiger charge is 2.08. The Labute approximate surface area is 110 Å². The molecule has 92 valence electrons. The lowest BCUT2D eigenvalue weighted by atomic mass is 10.2. The van der Waals surface area contributed by atoms with Gasteiger partial charge in [0.2, 0.25) is 5.95 Å². The standard InChI is InChI=1S/C12H7BrF2N2O/c13-9-3-2-8(5-10(9)14)17-12(18)7-1-4-11(15)16-6-7/h1-6H,(H,17,18). The fraction of sp³-hybridized carbons (Fsp3) is 0. The first-order valence-electron chi connectivity index (χ1n) is 4.94. The smallest absolute Gasteiger partial charge is 0.257 e. The van der Waals surface area contributed by atoms with Crippen LogP contribution in [0.3, 0.4) is 0 Å². The minimum Gasteiger partial charge on any atom is -0.322 e. The normalized spacial score (nSPS) is 10.2. The molecule has 1 aromatic carbocycles. The lowest BCUT2D eigenvalue weighted by molar-refractivity contribution is 0.102. The zero-order valence-corrected chi connectivity index (χ0v) is 10.5. The van der Waals surface area contributed by atoms with E-state index >= 15 is 0 Å². The van der Waals surface area contributed by atoms with Crippen LogP contribution in [-0.4, -0.2) is 10.9 Å². The molecule has 0 bridgehead atoms. The van der Waals surface area contributed by atoms with Crippen molar-refractivity contribution < 1.29 is 13.6 Å². The number of carbonyl (C=O) groups excluding carboxylic acids is 1. The molecule has 0 radical (unpaired) electrons. The number of nitrogens with zero attached hydrogens (tertiary/aromatic N) is 1. The van der Waals surface area contributed by atoms with E-state index in [4.69, 9.17) is 0 Å². The van der Waals surface area contributed by atoms with Gasteiger partial charge in [0.25, 0.3) is 5.91 Å². The maximum Gasteiger partial charge on any atom is 0.257 e. The van der Waals surface area contributed by atoms with Crippen LogP contribution in [0.15, 0.2) is 41.0 Å². The maximum absolute atomic E-state index is 13.2. The zero-order chi connectivity index (χ0) is 13.1. The summed E-state index contributed by atoms with van der Waals surface area (Å²) < 4.78 is 26.1. The molecule has 0 aliphatic rings. The quantitative estimate of drug-likeness (QED) is 0.864. The molecule has 0 unspecified atom stereocenters. The third-order valence-electron chi connectivity index (χ3n) is 2.17. The summed E-state index contributed by atoms with van der Waals surface area (Å²) in [5.41, 5.74) is 0.504. The van der Waals surface area contributed by atoms with Crippen LogP contribution < -0.4 is 5.32 Å². The van der Waals surface area contributed by atoms with E-state index in [-0.39, 0.29) is 5.56 Å². The number of nitrogens with one attached hydrogen (secondary N) is 1. The Balaban J connectivity index is 2.16. The summed E-state index contributed by atoms with van der Waals surface area (Å²) in [5.74, 6) is -1.63. The highest BCUT2D eigenvalue weighted by atomic mass is 79.9. The van der Waals surface area contributed by atoms with Crippen molar-refractivity contribution in [1.82, 2.24) is 4.98 Å². The molecule has 1 heterocycles. The number of anilines is 1. The van der Waals surface area contributed by atoms with E-state index in [0.29, 0.717) is 10.2 Å². The van der Waals surface area contributed by atoms with Crippen LogP contribution in [-0.2, 0) is 0 Å². The molecule has 6 heteroatoms. The molecule has 3 nitrogen and oxygen atoms in total. The summed E-state index contributed by atoms with van der Waals surface area (Å²) in [6.45, 7) is 0. The van der Waals surface area contributed by atoms with Crippen molar-refractivity contribution in [2.45, 2.75) is 0 Å². The molecular weight excluding hydrogens is 306 g/mol. The Bertz CT molecular complexity index is 587. The average Bonchev–Trinajstić information content (AvgIpc) is 2.34. The van der Waals surface area contributed by atoms with Crippen LogP contribution in [0.2, 0.25) is 0 Å². The first-order chi connectivity index (χ1) is 8.56. The monoisotopic (exact) mass is 312 g/mol. The average molecular weight is 313 g/mol. The van der Waals surface area contributed by atoms with Gasteiger partial charge in [-0.2, -0.15) is 4.39 Å². The van der Waals surface area contributed by atoms with Gasteiger partial charge in [-0.3, -0.25) is 4.79 Å². The molecule has 0 atom stereocenters. The fourth-order valence-electron chi connectivity index (χ4n) is 1.29. The third kappa shape index (κ3) is 2.89. The van der Waals surface area contributed by atoms with Crippen LogP contribution in [0, 0.1) is 11.8 Å². The first-order valence-corrected chi connectivity index (χ1v) is 5.73. The van der Waals surface area contributed by atoms with Crippen molar-refractivity contribution in [2.75, 3.05) is 5.32 Å². The highest BCUT2D eigenvalue weighted by molar-refractivity contribution is 9.10. The van der Waals surface area contributed by atoms with Crippen molar-refractivity contribution in [1.29, 1.82) is 0 Å². The predicted molar refractivity (Wildman–Crippen MR) is 66.2 cm³/mol. The second kappa shape index (κ2) is 5.22. The number of rotatable bonds is 2. The number of amides is 1. The van der Waals surface area contributed by atoms with Gasteiger partial charge in [0.1, 0.15) is 5.82 Å². The van der Waals surface area contributed by atoms with Crippen LogP contribution in [0.5, 0.6) is 0 Å². The minimum absolute atomic E-state index is 0.194. The van der Waals surface area contributed by atoms with Crippen LogP contribution in [0.1, 0.15) is 10.4 Å². The molecule has 1 aromatic heterocycles. The molecule has 1 amide bonds. The van der Waals surface area contributed by atoms with Crippen molar-refractivity contribution in [3.05, 3.63) is 58.3 Å². The van der Waals surface area contributed by atoms with E-state index in [9.17, 15) is 13.6 Å². The SMILES string of the molecule is O=C(Nc1ccc(Br)c(F)c1)c1ccc(F)nc1. The van der Waals surface area contributed by atoms with Gasteiger partial charge in [0, 0.05) is 11.9 Å². The van der Waals surface area contributed by atoms with Crippen LogP contribution >= 0.6 is 15.9 Å². The summed E-state index contributed by atoms with van der Waals surface area (Å²) in [6, 6.07) is 6.58. The molecule has 0 spiro atoms. The van der Waals surface area contributed by atoms with Crippen LogP contribution in [0.4, 0.5) is 14.5 Å². The Morgan fingerprint density at radius 2 is 2.00 bits per heavy atom. The lowest BCUT2D eigenvalue weighted by Gasteiger charge is -2.05. The van der Waals surface area contributed by atoms with Gasteiger partial charge in [-0.25, -0.2) is 9.37 Å². The summed E-state index contributed by atoms with van der Waals surface area (Å²) in [5, 5.41) is 2.48. The summed E-state index contributed by atoms with van der Waals surface area (Å²) in [6.07, 6.45) is 1.11. The number of halogens is 3. The van der Waals surface area contributed by atoms with E-state index in [1.807, 2.05) is 0 Å². The summed E-state index contributed by atoms with van der Waals surface area (Å²) in [7, 11) is 0. The molecule has 0 aliphatic heterocycles. The van der Waals surface area contributed by atoms with Crippen LogP contribution in [0.25, 0.3) is 0 Å². The number of hydrogen-bond acceptors (Lipinski definition) is 2. The van der Waals surface area contributed by atoms with Gasteiger partial charge in [-0.1, -0.05) is 0 Å². The molecule has 0 saturated carbocycles. The number of pyridine rings is 1. The number of benzene rings is 1. The van der Waals surface area contributed by atoms with E-state index in [1.165, 1.54) is 18.2 Å². The number of carbonyl (C=O) groups is 1. The Morgan fingerprint density at radius 1 is 1.22 bits per heavy atom. The predicted octanol–water partition coefficient (Wildman–Crippen LogP) is 3.37. The van der Waals surface area contributed by atoms with Crippen molar-refractivity contribution in [3.8, 4) is 0 Å². The highest BCUT2D eigenvalue weighted by Crippen LogP contribution is 2.19. The van der Waals surface area contributed by atoms with E-state index < -0.39 is 17.7 Å². The number of aromatic nitrogens is 1. The molecule has 2 rings (SSSR count). The maximum atomic E-state index is 13.2. The van der Waals surface area contributed by atoms with E-state index in [1.54, 1.807) is 6.07 Å².